The molecule has 0 spiro atoms. The lowest BCUT2D eigenvalue weighted by Crippen LogP contribution is -2.62. The molecule has 2 heterocycles. The summed E-state index contributed by atoms with van der Waals surface area (Å²) in [6.45, 7) is 37.3. The molecular formula is C71H83BN2. The number of anilines is 6. The van der Waals surface area contributed by atoms with Gasteiger partial charge in [-0.05, 0) is 203 Å². The summed E-state index contributed by atoms with van der Waals surface area (Å²) < 4.78 is 28.0. The Morgan fingerprint density at radius 1 is 0.405 bits per heavy atom. The summed E-state index contributed by atoms with van der Waals surface area (Å²) in [7, 11) is 0. The normalized spacial score (nSPS) is 18.8. The maximum absolute atomic E-state index is 9.34. The summed E-state index contributed by atoms with van der Waals surface area (Å²) >= 11 is 0. The van der Waals surface area contributed by atoms with E-state index in [9.17, 15) is 4.11 Å². The molecule has 380 valence electrons. The van der Waals surface area contributed by atoms with Crippen molar-refractivity contribution in [2.24, 2.45) is 0 Å². The van der Waals surface area contributed by atoms with Gasteiger partial charge in [-0.25, -0.2) is 0 Å². The van der Waals surface area contributed by atoms with Crippen LogP contribution in [0.15, 0.2) is 127 Å². The fourth-order valence-electron chi connectivity index (χ4n) is 13.2. The van der Waals surface area contributed by atoms with Gasteiger partial charge in [-0.2, -0.15) is 0 Å². The second-order valence-corrected chi connectivity index (χ2v) is 28.7. The van der Waals surface area contributed by atoms with Crippen LogP contribution in [0.1, 0.15) is 192 Å². The quantitative estimate of drug-likeness (QED) is 0.162. The Morgan fingerprint density at radius 3 is 1.53 bits per heavy atom. The molecule has 7 aromatic rings. The Kier molecular flexibility index (Phi) is 10.5. The zero-order valence-electron chi connectivity index (χ0n) is 50.9. The summed E-state index contributed by atoms with van der Waals surface area (Å²) in [6.07, 6.45) is 4.43. The molecule has 7 aromatic carbocycles. The highest BCUT2D eigenvalue weighted by Gasteiger charge is 2.48. The molecule has 0 atom stereocenters. The van der Waals surface area contributed by atoms with Crippen LogP contribution in [0, 0.1) is 6.85 Å². The molecule has 4 aliphatic rings. The highest BCUT2D eigenvalue weighted by molar-refractivity contribution is 7.00. The average molecular weight is 978 g/mol. The van der Waals surface area contributed by atoms with Crippen LogP contribution in [0.5, 0.6) is 0 Å². The van der Waals surface area contributed by atoms with Gasteiger partial charge in [0.25, 0.3) is 6.71 Å². The minimum Gasteiger partial charge on any atom is -0.311 e. The summed E-state index contributed by atoms with van der Waals surface area (Å²) in [5.41, 5.74) is 23.8. The molecule has 2 nitrogen and oxygen atoms in total. The molecule has 0 fully saturated rings. The molecule has 0 saturated heterocycles. The largest absolute Gasteiger partial charge is 0.311 e. The van der Waals surface area contributed by atoms with Gasteiger partial charge in [0.15, 0.2) is 0 Å². The lowest BCUT2D eigenvalue weighted by molar-refractivity contribution is 0.332. The molecule has 2 aliphatic heterocycles. The number of fused-ring (bicyclic) bond motifs is 6. The maximum atomic E-state index is 9.34. The lowest BCUT2D eigenvalue weighted by Gasteiger charge is -2.48. The molecule has 0 saturated carbocycles. The molecule has 0 bridgehead atoms. The van der Waals surface area contributed by atoms with Crippen LogP contribution >= 0.6 is 0 Å². The van der Waals surface area contributed by atoms with Crippen molar-refractivity contribution in [3.05, 3.63) is 172 Å². The van der Waals surface area contributed by atoms with Crippen molar-refractivity contribution in [2.45, 2.75) is 188 Å². The van der Waals surface area contributed by atoms with Gasteiger partial charge in [0.2, 0.25) is 0 Å². The Bertz CT molecular complexity index is 3530. The van der Waals surface area contributed by atoms with Gasteiger partial charge in [-0.1, -0.05) is 190 Å². The predicted molar refractivity (Wildman–Crippen MR) is 323 cm³/mol. The first-order chi connectivity index (χ1) is 35.7. The topological polar surface area (TPSA) is 6.48 Å². The first kappa shape index (κ1) is 46.7. The predicted octanol–water partition coefficient (Wildman–Crippen LogP) is 18.0. The van der Waals surface area contributed by atoms with E-state index in [0.29, 0.717) is 5.56 Å². The molecule has 11 rings (SSSR count). The summed E-state index contributed by atoms with van der Waals surface area (Å²) in [5.74, 6) is 0. The van der Waals surface area contributed by atoms with Gasteiger partial charge in [0.05, 0.1) is 5.69 Å². The van der Waals surface area contributed by atoms with E-state index in [-0.39, 0.29) is 44.6 Å². The molecule has 0 amide bonds. The highest BCUT2D eigenvalue weighted by Crippen LogP contribution is 2.54. The van der Waals surface area contributed by atoms with Crippen LogP contribution in [0.25, 0.3) is 22.3 Å². The van der Waals surface area contributed by atoms with Crippen LogP contribution < -0.4 is 26.2 Å². The number of hydrogen-bond acceptors (Lipinski definition) is 2. The van der Waals surface area contributed by atoms with Crippen molar-refractivity contribution in [1.29, 1.82) is 0 Å². The number of benzene rings is 7. The van der Waals surface area contributed by atoms with E-state index in [1.54, 1.807) is 0 Å². The second kappa shape index (κ2) is 16.6. The van der Waals surface area contributed by atoms with Crippen LogP contribution in [-0.4, -0.2) is 6.71 Å². The van der Waals surface area contributed by atoms with Crippen molar-refractivity contribution in [2.75, 3.05) is 9.80 Å². The van der Waals surface area contributed by atoms with Crippen molar-refractivity contribution in [3.8, 4) is 22.3 Å². The fraction of sp³-hybridized carbons (Fsp3) is 0.408. The highest BCUT2D eigenvalue weighted by atomic mass is 15.2. The molecular weight excluding hydrogens is 892 g/mol. The third-order valence-electron chi connectivity index (χ3n) is 18.4. The first-order valence-electron chi connectivity index (χ1n) is 29.3. The number of hydrogen-bond donors (Lipinski definition) is 0. The minimum absolute atomic E-state index is 0.0346. The summed E-state index contributed by atoms with van der Waals surface area (Å²) in [6, 6.07) is 48.8. The Hall–Kier alpha value is -5.80. The SMILES string of the molecule is [2H]C([2H])([2H])c1cc2c3c(c1)N(c1ccc(C(C)(C)C)cc1-c1cccc(-c4ccc(C(C)(C)C)cc4)c1)c1cc(C(C)(C)C)ccc1B3c1cc3c(cc1N2c1ccc2c(c1)C(C)(C)CCC2(C)C)C(C)(C)CCC3(C)C. The minimum atomic E-state index is -2.40. The third kappa shape index (κ3) is 8.21. The lowest BCUT2D eigenvalue weighted by atomic mass is 9.33. The molecule has 74 heavy (non-hydrogen) atoms. The maximum Gasteiger partial charge on any atom is 0.252 e. The van der Waals surface area contributed by atoms with E-state index in [2.05, 4.69) is 243 Å². The summed E-state index contributed by atoms with van der Waals surface area (Å²) in [4.78, 5) is 4.95. The Morgan fingerprint density at radius 2 is 0.919 bits per heavy atom. The smallest absolute Gasteiger partial charge is 0.252 e. The first-order valence-corrected chi connectivity index (χ1v) is 27.8. The van der Waals surface area contributed by atoms with Gasteiger partial charge in [0.1, 0.15) is 0 Å². The monoisotopic (exact) mass is 978 g/mol. The van der Waals surface area contributed by atoms with E-state index >= 15 is 0 Å². The van der Waals surface area contributed by atoms with Gasteiger partial charge in [-0.15, -0.1) is 0 Å². The Balaban J connectivity index is 1.26. The molecule has 0 aromatic heterocycles. The molecule has 3 heteroatoms. The standard InChI is InChI=1S/C71H83BN2/c1-44-36-62-64-63(37-44)74(59-31-27-49(66(5,6)7)39-52(59)47-21-19-20-46(38-47)45-22-24-48(25-23-45)65(2,3)4)60-40-50(67(8,9)10)26-30-57(60)72(64)58-42-55-56(71(17,18)35-34-70(55,15)16)43-61(58)73(62)51-28-29-53-54(41-51)69(13,14)33-32-68(53,11)12/h19-31,36-43H,32-35H2,1-18H3/i1D3. The Labute approximate surface area is 451 Å². The molecule has 0 N–H and O–H groups in total. The van der Waals surface area contributed by atoms with Gasteiger partial charge >= 0.3 is 0 Å². The zero-order chi connectivity index (χ0) is 55.5. The van der Waals surface area contributed by atoms with E-state index in [4.69, 9.17) is 0 Å². The molecule has 2 aliphatic carbocycles. The van der Waals surface area contributed by atoms with Gasteiger partial charge in [0, 0.05) is 38.1 Å². The van der Waals surface area contributed by atoms with Gasteiger partial charge < -0.3 is 9.80 Å². The fourth-order valence-corrected chi connectivity index (χ4v) is 13.2. The van der Waals surface area contributed by atoms with Crippen LogP contribution in [0.4, 0.5) is 34.1 Å². The van der Waals surface area contributed by atoms with Crippen LogP contribution in [0.3, 0.4) is 0 Å². The van der Waals surface area contributed by atoms with Crippen molar-refractivity contribution in [1.82, 2.24) is 0 Å². The third-order valence-corrected chi connectivity index (χ3v) is 18.4. The zero-order valence-corrected chi connectivity index (χ0v) is 47.9. The van der Waals surface area contributed by atoms with Crippen LogP contribution in [0.2, 0.25) is 0 Å². The average Bonchev–Trinajstić information content (AvgIpc) is 3.49. The number of nitrogens with zero attached hydrogens (tertiary/aromatic N) is 2. The molecule has 0 unspecified atom stereocenters. The van der Waals surface area contributed by atoms with E-state index in [1.165, 1.54) is 55.4 Å². The van der Waals surface area contributed by atoms with Gasteiger partial charge in [-0.3, -0.25) is 0 Å². The van der Waals surface area contributed by atoms with E-state index in [0.717, 1.165) is 82.0 Å². The van der Waals surface area contributed by atoms with Crippen molar-refractivity contribution < 1.29 is 4.11 Å². The number of aryl methyl sites for hydroxylation is 1. The van der Waals surface area contributed by atoms with Crippen molar-refractivity contribution in [3.63, 3.8) is 0 Å². The second-order valence-electron chi connectivity index (χ2n) is 28.7. The number of rotatable bonds is 4. The van der Waals surface area contributed by atoms with E-state index < -0.39 is 6.85 Å². The summed E-state index contributed by atoms with van der Waals surface area (Å²) in [5, 5.41) is 0. The van der Waals surface area contributed by atoms with Crippen molar-refractivity contribution >= 4 is 57.2 Å². The van der Waals surface area contributed by atoms with Crippen LogP contribution in [-0.2, 0) is 37.9 Å². The molecule has 0 radical (unpaired) electrons. The van der Waals surface area contributed by atoms with E-state index in [1.807, 2.05) is 12.1 Å².